The van der Waals surface area contributed by atoms with Gasteiger partial charge in [0, 0.05) is 12.5 Å². The van der Waals surface area contributed by atoms with E-state index in [0.717, 1.165) is 11.1 Å². The van der Waals surface area contributed by atoms with Gasteiger partial charge in [-0.05, 0) is 12.5 Å². The lowest BCUT2D eigenvalue weighted by Gasteiger charge is -2.49. The van der Waals surface area contributed by atoms with Crippen molar-refractivity contribution < 1.29 is 38.4 Å². The van der Waals surface area contributed by atoms with Crippen molar-refractivity contribution in [3.05, 3.63) is 71.8 Å². The van der Waals surface area contributed by atoms with E-state index in [9.17, 15) is 14.7 Å². The molecule has 2 N–H and O–H groups in total. The first kappa shape index (κ1) is 24.3. The zero-order valence-corrected chi connectivity index (χ0v) is 19.0. The predicted octanol–water partition coefficient (Wildman–Crippen LogP) is 2.41. The van der Waals surface area contributed by atoms with Crippen molar-refractivity contribution in [3.8, 4) is 0 Å². The van der Waals surface area contributed by atoms with Gasteiger partial charge in [-0.15, -0.1) is 0 Å². The van der Waals surface area contributed by atoms with Gasteiger partial charge in [0.2, 0.25) is 5.91 Å². The van der Waals surface area contributed by atoms with E-state index in [0.29, 0.717) is 0 Å². The third-order valence-corrected chi connectivity index (χ3v) is 5.75. The highest BCUT2D eigenvalue weighted by Gasteiger charge is 2.52. The molecule has 0 unspecified atom stereocenters. The number of rotatable bonds is 8. The van der Waals surface area contributed by atoms with Crippen LogP contribution in [0.2, 0.25) is 0 Å². The van der Waals surface area contributed by atoms with E-state index in [1.54, 1.807) is 0 Å². The molecule has 0 radical (unpaired) electrons. The van der Waals surface area contributed by atoms with Crippen molar-refractivity contribution >= 4 is 11.9 Å². The average molecular weight is 472 g/mol. The summed E-state index contributed by atoms with van der Waals surface area (Å²) in [5.41, 5.74) is 1.73. The summed E-state index contributed by atoms with van der Waals surface area (Å²) in [6, 6.07) is 18.1. The van der Waals surface area contributed by atoms with Gasteiger partial charge >= 0.3 is 5.97 Å². The summed E-state index contributed by atoms with van der Waals surface area (Å²) < 4.78 is 30.3. The molecule has 0 bridgehead atoms. The fraction of sp³-hybridized carbons (Fsp3) is 0.440. The molecule has 0 aromatic heterocycles. The number of hydrogen-bond acceptors (Lipinski definition) is 7. The Morgan fingerprint density at radius 1 is 1.09 bits per heavy atom. The number of nitrogens with one attached hydrogen (secondary N) is 1. The number of benzene rings is 2. The molecule has 2 aromatic carbocycles. The van der Waals surface area contributed by atoms with E-state index in [-0.39, 0.29) is 19.1 Å². The quantitative estimate of drug-likeness (QED) is 0.604. The van der Waals surface area contributed by atoms with Gasteiger partial charge in [0.15, 0.2) is 18.7 Å². The van der Waals surface area contributed by atoms with Crippen LogP contribution in [0.25, 0.3) is 0 Å². The minimum Gasteiger partial charge on any atom is -0.479 e. The van der Waals surface area contributed by atoms with Gasteiger partial charge in [-0.2, -0.15) is 0 Å². The Labute approximate surface area is 197 Å². The lowest BCUT2D eigenvalue weighted by molar-refractivity contribution is -0.351. The molecule has 2 fully saturated rings. The van der Waals surface area contributed by atoms with Gasteiger partial charge in [-0.25, -0.2) is 4.79 Å². The maximum atomic E-state index is 12.1. The first-order valence-corrected chi connectivity index (χ1v) is 11.2. The third kappa shape index (κ3) is 5.81. The van der Waals surface area contributed by atoms with Crippen LogP contribution in [-0.4, -0.2) is 60.3 Å². The molecule has 0 aliphatic carbocycles. The highest BCUT2D eigenvalue weighted by molar-refractivity contribution is 5.73. The number of hydrogen-bond donors (Lipinski definition) is 2. The lowest BCUT2D eigenvalue weighted by atomic mass is 9.95. The number of carboxylic acids is 1. The summed E-state index contributed by atoms with van der Waals surface area (Å²) in [6.07, 6.45) is -4.87. The fourth-order valence-electron chi connectivity index (χ4n) is 4.09. The maximum absolute atomic E-state index is 12.1. The molecule has 9 heteroatoms. The first-order valence-electron chi connectivity index (χ1n) is 11.2. The highest BCUT2D eigenvalue weighted by Crippen LogP contribution is 2.36. The van der Waals surface area contributed by atoms with Gasteiger partial charge in [0.05, 0.1) is 13.2 Å². The molecule has 2 aromatic rings. The predicted molar refractivity (Wildman–Crippen MR) is 119 cm³/mol. The van der Waals surface area contributed by atoms with Crippen molar-refractivity contribution in [1.82, 2.24) is 5.32 Å². The Balaban J connectivity index is 1.59. The largest absolute Gasteiger partial charge is 0.479 e. The Kier molecular flexibility index (Phi) is 7.91. The zero-order valence-electron chi connectivity index (χ0n) is 19.0. The molecule has 1 amide bonds. The van der Waals surface area contributed by atoms with Crippen molar-refractivity contribution in [2.75, 3.05) is 6.61 Å². The van der Waals surface area contributed by atoms with Crippen LogP contribution in [0.4, 0.5) is 0 Å². The molecule has 0 spiro atoms. The third-order valence-electron chi connectivity index (χ3n) is 5.75. The number of ether oxygens (including phenoxy) is 5. The Hall–Kier alpha value is -2.82. The van der Waals surface area contributed by atoms with Crippen molar-refractivity contribution in [2.24, 2.45) is 0 Å². The fourth-order valence-corrected chi connectivity index (χ4v) is 4.09. The van der Waals surface area contributed by atoms with Crippen LogP contribution in [0.3, 0.4) is 0 Å². The molecule has 2 heterocycles. The Morgan fingerprint density at radius 3 is 2.41 bits per heavy atom. The van der Waals surface area contributed by atoms with Crippen molar-refractivity contribution in [3.63, 3.8) is 0 Å². The van der Waals surface area contributed by atoms with E-state index < -0.39 is 49.0 Å². The molecule has 9 nitrogen and oxygen atoms in total. The molecular weight excluding hydrogens is 442 g/mol. The number of carbonyl (C=O) groups is 2. The van der Waals surface area contributed by atoms with Crippen LogP contribution in [0.1, 0.15) is 31.3 Å². The van der Waals surface area contributed by atoms with Gasteiger partial charge in [-0.1, -0.05) is 60.7 Å². The van der Waals surface area contributed by atoms with Crippen molar-refractivity contribution in [1.29, 1.82) is 0 Å². The van der Waals surface area contributed by atoms with E-state index >= 15 is 0 Å². The van der Waals surface area contributed by atoms with Gasteiger partial charge in [0.1, 0.15) is 24.4 Å². The van der Waals surface area contributed by atoms with Gasteiger partial charge in [-0.3, -0.25) is 4.79 Å². The summed E-state index contributed by atoms with van der Waals surface area (Å²) in [4.78, 5) is 23.7. The van der Waals surface area contributed by atoms with Crippen LogP contribution in [0, 0.1) is 0 Å². The van der Waals surface area contributed by atoms with E-state index in [1.807, 2.05) is 60.7 Å². The number of amides is 1. The second-order valence-electron chi connectivity index (χ2n) is 8.32. The van der Waals surface area contributed by atoms with E-state index in [2.05, 4.69) is 5.32 Å². The number of aliphatic carboxylic acids is 1. The van der Waals surface area contributed by atoms with Gasteiger partial charge < -0.3 is 34.1 Å². The summed E-state index contributed by atoms with van der Waals surface area (Å²) in [5, 5.41) is 12.3. The monoisotopic (exact) mass is 471 g/mol. The van der Waals surface area contributed by atoms with E-state index in [4.69, 9.17) is 23.7 Å². The first-order chi connectivity index (χ1) is 16.4. The molecule has 7 atom stereocenters. The molecule has 4 rings (SSSR count). The van der Waals surface area contributed by atoms with Crippen LogP contribution in [0.5, 0.6) is 0 Å². The second kappa shape index (κ2) is 11.1. The lowest BCUT2D eigenvalue weighted by Crippen LogP contribution is -2.67. The molecule has 2 aliphatic rings. The normalized spacial score (nSPS) is 29.6. The minimum absolute atomic E-state index is 0.184. The smallest absolute Gasteiger partial charge is 0.332 e. The van der Waals surface area contributed by atoms with E-state index in [1.165, 1.54) is 13.8 Å². The summed E-state index contributed by atoms with van der Waals surface area (Å²) in [5.74, 6) is -1.46. The summed E-state index contributed by atoms with van der Waals surface area (Å²) in [6.45, 7) is 3.22. The van der Waals surface area contributed by atoms with Gasteiger partial charge in [0.25, 0.3) is 0 Å². The summed E-state index contributed by atoms with van der Waals surface area (Å²) in [7, 11) is 0. The second-order valence-corrected chi connectivity index (χ2v) is 8.32. The standard InChI is InChI=1S/C25H29NO8/c1-15(23(28)29)32-22-20(26-16(2)27)25(30-13-17-9-5-3-6-10-17)33-19-14-31-24(34-21(19)22)18-11-7-4-8-12-18/h3-12,15,19-22,24-25H,13-14H2,1-2H3,(H,26,27)(H,28,29)/t15-,19-,20-,21+,22-,24+,25+/m0/s1. The van der Waals surface area contributed by atoms with Crippen LogP contribution in [0.15, 0.2) is 60.7 Å². The SMILES string of the molecule is CC(=O)N[C@@H]1[C@H](OCc2ccccc2)O[C@H]2CO[C@@H](c3ccccc3)O[C@H]2[C@H]1O[C@@H](C)C(=O)O. The minimum atomic E-state index is -1.14. The maximum Gasteiger partial charge on any atom is 0.332 e. The molecule has 0 saturated carbocycles. The molecule has 182 valence electrons. The Bertz CT molecular complexity index is 956. The van der Waals surface area contributed by atoms with Crippen molar-refractivity contribution in [2.45, 2.75) is 63.5 Å². The molecule has 2 saturated heterocycles. The average Bonchev–Trinajstić information content (AvgIpc) is 2.84. The van der Waals surface area contributed by atoms with Crippen LogP contribution in [-0.2, 0) is 39.9 Å². The summed E-state index contributed by atoms with van der Waals surface area (Å²) >= 11 is 0. The van der Waals surface area contributed by atoms with Crippen LogP contribution < -0.4 is 5.32 Å². The number of carboxylic acid groups (broad SMARTS) is 1. The molecule has 34 heavy (non-hydrogen) atoms. The Morgan fingerprint density at radius 2 is 1.76 bits per heavy atom. The van der Waals surface area contributed by atoms with Crippen LogP contribution >= 0.6 is 0 Å². The zero-order chi connectivity index (χ0) is 24.1. The highest BCUT2D eigenvalue weighted by atomic mass is 16.8. The number of fused-ring (bicyclic) bond motifs is 1. The number of carbonyl (C=O) groups excluding carboxylic acids is 1. The topological polar surface area (TPSA) is 113 Å². The molecule has 2 aliphatic heterocycles. The molecular formula is C25H29NO8.